The number of nitrogens with zero attached hydrogens (tertiary/aromatic N) is 4. The van der Waals surface area contributed by atoms with Gasteiger partial charge >= 0.3 is 6.09 Å². The van der Waals surface area contributed by atoms with Gasteiger partial charge in [-0.15, -0.1) is 0 Å². The Balaban J connectivity index is 1.48. The van der Waals surface area contributed by atoms with Crippen LogP contribution in [0.3, 0.4) is 0 Å². The molecular formula is C26H30FN7O5. The number of halogens is 1. The number of H-pyrrole nitrogens is 1. The van der Waals surface area contributed by atoms with Crippen LogP contribution in [0.2, 0.25) is 0 Å². The van der Waals surface area contributed by atoms with Crippen molar-refractivity contribution in [3.63, 3.8) is 0 Å². The zero-order valence-corrected chi connectivity index (χ0v) is 21.6. The molecule has 3 amide bonds. The van der Waals surface area contributed by atoms with E-state index in [-0.39, 0.29) is 36.5 Å². The highest BCUT2D eigenvalue weighted by Gasteiger charge is 2.25. The van der Waals surface area contributed by atoms with Gasteiger partial charge in [0.1, 0.15) is 23.1 Å². The van der Waals surface area contributed by atoms with Crippen molar-refractivity contribution in [2.75, 3.05) is 19.4 Å². The summed E-state index contributed by atoms with van der Waals surface area (Å²) >= 11 is 0. The summed E-state index contributed by atoms with van der Waals surface area (Å²) in [6, 6.07) is 1.79. The molecule has 0 radical (unpaired) electrons. The van der Waals surface area contributed by atoms with Crippen molar-refractivity contribution in [3.8, 4) is 0 Å². The number of pyridine rings is 2. The minimum atomic E-state index is -1.40. The third-order valence-electron chi connectivity index (χ3n) is 6.32. The average molecular weight is 540 g/mol. The first-order chi connectivity index (χ1) is 18.6. The first-order valence-electron chi connectivity index (χ1n) is 12.5. The summed E-state index contributed by atoms with van der Waals surface area (Å²) in [6.07, 6.45) is 7.42. The van der Waals surface area contributed by atoms with E-state index in [2.05, 4.69) is 25.6 Å². The minimum Gasteiger partial charge on any atom is -0.465 e. The van der Waals surface area contributed by atoms with Crippen LogP contribution in [0.1, 0.15) is 37.2 Å². The summed E-state index contributed by atoms with van der Waals surface area (Å²) in [5.74, 6) is -0.630. The highest BCUT2D eigenvalue weighted by Crippen LogP contribution is 2.33. The van der Waals surface area contributed by atoms with Crippen molar-refractivity contribution in [3.05, 3.63) is 64.4 Å². The lowest BCUT2D eigenvalue weighted by Crippen LogP contribution is -2.44. The van der Waals surface area contributed by atoms with E-state index in [0.717, 1.165) is 31.2 Å². The van der Waals surface area contributed by atoms with Crippen molar-refractivity contribution >= 4 is 34.6 Å². The van der Waals surface area contributed by atoms with Crippen molar-refractivity contribution in [2.24, 2.45) is 5.92 Å². The Morgan fingerprint density at radius 2 is 2.10 bits per heavy atom. The molecule has 1 aliphatic carbocycles. The van der Waals surface area contributed by atoms with Crippen LogP contribution in [0.5, 0.6) is 0 Å². The van der Waals surface area contributed by atoms with Gasteiger partial charge in [-0.2, -0.15) is 0 Å². The number of likely N-dealkylation sites (N-methyl/N-ethyl adjacent to an activating group) is 1. The van der Waals surface area contributed by atoms with E-state index in [1.807, 2.05) is 0 Å². The van der Waals surface area contributed by atoms with E-state index >= 15 is 0 Å². The largest absolute Gasteiger partial charge is 0.465 e. The molecule has 4 rings (SSSR count). The number of aromatic nitrogens is 4. The van der Waals surface area contributed by atoms with E-state index < -0.39 is 29.4 Å². The van der Waals surface area contributed by atoms with Crippen LogP contribution in [-0.4, -0.2) is 67.6 Å². The molecular weight excluding hydrogens is 509 g/mol. The Kier molecular flexibility index (Phi) is 8.37. The standard InChI is InChI=1S/C26H30FN7O5/c1-33(2)21(35)8-4-3-6-17(30-26(38)39)24(36)29-18-7-5-11-34(25(18)37)14-20-31-22-16(27)13-28-19(23(22)32-20)12-15-9-10-15/h4-5,7-8,11,13,15,17,30H,3,6,9-10,12,14H2,1-2H3,(H,29,36)(H,31,32)(H,38,39)/b8-4+/t17-/m0/s1. The van der Waals surface area contributed by atoms with Gasteiger partial charge in [-0.25, -0.2) is 14.2 Å². The number of allylic oxidation sites excluding steroid dienone is 1. The van der Waals surface area contributed by atoms with Crippen LogP contribution in [0, 0.1) is 11.7 Å². The molecule has 3 heterocycles. The highest BCUT2D eigenvalue weighted by molar-refractivity contribution is 5.96. The van der Waals surface area contributed by atoms with Crippen molar-refractivity contribution in [2.45, 2.75) is 44.7 Å². The van der Waals surface area contributed by atoms with Gasteiger partial charge in [-0.05, 0) is 56.2 Å². The van der Waals surface area contributed by atoms with Gasteiger partial charge in [0, 0.05) is 20.3 Å². The molecule has 1 fully saturated rings. The Bertz CT molecular complexity index is 1480. The number of anilines is 1. The molecule has 1 atom stereocenters. The summed E-state index contributed by atoms with van der Waals surface area (Å²) in [5, 5.41) is 13.8. The Labute approximate surface area is 222 Å². The number of amides is 3. The predicted molar refractivity (Wildman–Crippen MR) is 141 cm³/mol. The lowest BCUT2D eigenvalue weighted by atomic mass is 10.1. The molecule has 1 aliphatic rings. The van der Waals surface area contributed by atoms with E-state index in [1.165, 1.54) is 27.8 Å². The number of hydrogen-bond donors (Lipinski definition) is 4. The first-order valence-corrected chi connectivity index (χ1v) is 12.5. The molecule has 39 heavy (non-hydrogen) atoms. The maximum absolute atomic E-state index is 14.4. The molecule has 3 aromatic heterocycles. The number of fused-ring (bicyclic) bond motifs is 1. The van der Waals surface area contributed by atoms with Crippen molar-refractivity contribution in [1.29, 1.82) is 0 Å². The molecule has 0 aliphatic heterocycles. The van der Waals surface area contributed by atoms with E-state index in [1.54, 1.807) is 26.2 Å². The molecule has 13 heteroatoms. The summed E-state index contributed by atoms with van der Waals surface area (Å²) < 4.78 is 15.7. The second-order valence-corrected chi connectivity index (χ2v) is 9.67. The number of carbonyl (C=O) groups is 3. The van der Waals surface area contributed by atoms with Crippen LogP contribution in [0.4, 0.5) is 14.9 Å². The SMILES string of the molecule is CN(C)C(=O)/C=C/CC[C@H](NC(=O)O)C(=O)Nc1cccn(Cc2nc3c(F)cnc(CC4CC4)c3[nH]2)c1=O. The molecule has 0 bridgehead atoms. The number of nitrogens with one attached hydrogen (secondary N) is 3. The molecule has 206 valence electrons. The van der Waals surface area contributed by atoms with Crippen LogP contribution in [-0.2, 0) is 22.6 Å². The predicted octanol–water partition coefficient (Wildman–Crippen LogP) is 2.26. The Hall–Kier alpha value is -4.55. The van der Waals surface area contributed by atoms with Gasteiger partial charge in [0.15, 0.2) is 5.82 Å². The molecule has 0 aromatic carbocycles. The lowest BCUT2D eigenvalue weighted by molar-refractivity contribution is -0.123. The second kappa shape index (κ2) is 11.9. The summed E-state index contributed by atoms with van der Waals surface area (Å²) in [6.45, 7) is -0.0129. The Morgan fingerprint density at radius 3 is 2.79 bits per heavy atom. The number of aromatic amines is 1. The fourth-order valence-electron chi connectivity index (χ4n) is 4.04. The zero-order chi connectivity index (χ0) is 28.1. The van der Waals surface area contributed by atoms with Crippen LogP contribution >= 0.6 is 0 Å². The van der Waals surface area contributed by atoms with Gasteiger partial charge in [0.2, 0.25) is 11.8 Å². The molecule has 0 saturated heterocycles. The number of carboxylic acid groups (broad SMARTS) is 1. The van der Waals surface area contributed by atoms with Gasteiger partial charge in [0.25, 0.3) is 5.56 Å². The molecule has 1 saturated carbocycles. The van der Waals surface area contributed by atoms with Crippen LogP contribution < -0.4 is 16.2 Å². The Morgan fingerprint density at radius 1 is 1.33 bits per heavy atom. The van der Waals surface area contributed by atoms with E-state index in [9.17, 15) is 23.6 Å². The van der Waals surface area contributed by atoms with Crippen molar-refractivity contribution in [1.82, 2.24) is 29.7 Å². The molecule has 3 aromatic rings. The third kappa shape index (κ3) is 7.06. The normalized spacial score (nSPS) is 13.9. The molecule has 12 nitrogen and oxygen atoms in total. The number of imidazole rings is 1. The molecule has 4 N–H and O–H groups in total. The monoisotopic (exact) mass is 539 g/mol. The fraction of sp³-hybridized carbons (Fsp3) is 0.385. The fourth-order valence-corrected chi connectivity index (χ4v) is 4.04. The van der Waals surface area contributed by atoms with Gasteiger partial charge in [0.05, 0.1) is 24.0 Å². The number of rotatable bonds is 11. The maximum Gasteiger partial charge on any atom is 0.405 e. The van der Waals surface area contributed by atoms with Gasteiger partial charge < -0.3 is 30.2 Å². The average Bonchev–Trinajstić information content (AvgIpc) is 3.60. The zero-order valence-electron chi connectivity index (χ0n) is 21.6. The quantitative estimate of drug-likeness (QED) is 0.272. The lowest BCUT2D eigenvalue weighted by Gasteiger charge is -2.16. The first kappa shape index (κ1) is 27.5. The second-order valence-electron chi connectivity index (χ2n) is 9.67. The smallest absolute Gasteiger partial charge is 0.405 e. The summed E-state index contributed by atoms with van der Waals surface area (Å²) in [5.41, 5.74) is 0.805. The molecule has 0 unspecified atom stereocenters. The topological polar surface area (TPSA) is 162 Å². The van der Waals surface area contributed by atoms with E-state index in [4.69, 9.17) is 5.11 Å². The number of carbonyl (C=O) groups excluding carboxylic acids is 2. The maximum atomic E-state index is 14.4. The van der Waals surface area contributed by atoms with Crippen LogP contribution in [0.25, 0.3) is 11.0 Å². The summed E-state index contributed by atoms with van der Waals surface area (Å²) in [4.78, 5) is 61.8. The van der Waals surface area contributed by atoms with Crippen molar-refractivity contribution < 1.29 is 23.9 Å². The van der Waals surface area contributed by atoms with Gasteiger partial charge in [-0.1, -0.05) is 6.08 Å². The number of hydrogen-bond acceptors (Lipinski definition) is 6. The minimum absolute atomic E-state index is 0.0129. The van der Waals surface area contributed by atoms with E-state index in [0.29, 0.717) is 17.3 Å². The molecule has 0 spiro atoms. The summed E-state index contributed by atoms with van der Waals surface area (Å²) in [7, 11) is 3.19. The van der Waals surface area contributed by atoms with Gasteiger partial charge in [-0.3, -0.25) is 19.4 Å². The third-order valence-corrected chi connectivity index (χ3v) is 6.32. The highest BCUT2D eigenvalue weighted by atomic mass is 19.1. The van der Waals surface area contributed by atoms with Crippen LogP contribution in [0.15, 0.2) is 41.5 Å².